The van der Waals surface area contributed by atoms with Gasteiger partial charge in [0.2, 0.25) is 0 Å². The van der Waals surface area contributed by atoms with Crippen molar-refractivity contribution in [2.24, 2.45) is 0 Å². The first-order chi connectivity index (χ1) is 34.4. The van der Waals surface area contributed by atoms with Gasteiger partial charge >= 0.3 is 19.8 Å². The second kappa shape index (κ2) is 46.8. The van der Waals surface area contributed by atoms with Crippen LogP contribution < -0.4 is 0 Å². The lowest BCUT2D eigenvalue weighted by molar-refractivity contribution is -0.220. The SMILES string of the molecule is CCCCCCC/C=C\C/C=C\CCCCCCCCCCCCCC(=O)OC(COC(=O)CCCCCCCCCCCCCCCCCCCCC)COP(=O)(O)OC1C(O)C(O)C(O)C(O)C1O. The van der Waals surface area contributed by atoms with Crippen LogP contribution >= 0.6 is 7.82 Å². The van der Waals surface area contributed by atoms with Gasteiger partial charge in [0.25, 0.3) is 0 Å². The number of carbonyl (C=O) groups is 2. The highest BCUT2D eigenvalue weighted by atomic mass is 31.2. The van der Waals surface area contributed by atoms with Crippen molar-refractivity contribution in [3.8, 4) is 0 Å². The molecular formula is C57H107O13P. The largest absolute Gasteiger partial charge is 0.472 e. The van der Waals surface area contributed by atoms with Crippen LogP contribution in [-0.4, -0.2) is 98.3 Å². The van der Waals surface area contributed by atoms with Gasteiger partial charge in [0.15, 0.2) is 6.10 Å². The lowest BCUT2D eigenvalue weighted by atomic mass is 9.85. The van der Waals surface area contributed by atoms with Gasteiger partial charge in [-0.15, -0.1) is 0 Å². The lowest BCUT2D eigenvalue weighted by Crippen LogP contribution is -2.64. The van der Waals surface area contributed by atoms with Crippen molar-refractivity contribution in [2.45, 2.75) is 313 Å². The zero-order chi connectivity index (χ0) is 52.1. The quantitative estimate of drug-likeness (QED) is 0.0145. The van der Waals surface area contributed by atoms with E-state index in [0.29, 0.717) is 12.8 Å². The minimum atomic E-state index is -5.12. The summed E-state index contributed by atoms with van der Waals surface area (Å²) in [6, 6.07) is 0. The summed E-state index contributed by atoms with van der Waals surface area (Å²) in [5.41, 5.74) is 0. The Morgan fingerprint density at radius 3 is 1.14 bits per heavy atom. The second-order valence-corrected chi connectivity index (χ2v) is 21.9. The number of carbonyl (C=O) groups excluding carboxylic acids is 2. The molecule has 1 saturated carbocycles. The summed E-state index contributed by atoms with van der Waals surface area (Å²) in [6.07, 6.45) is 42.2. The van der Waals surface area contributed by atoms with Crippen molar-refractivity contribution in [1.29, 1.82) is 0 Å². The Hall–Kier alpha value is -1.67. The molecule has 6 N–H and O–H groups in total. The highest BCUT2D eigenvalue weighted by molar-refractivity contribution is 7.47. The van der Waals surface area contributed by atoms with E-state index in [4.69, 9.17) is 18.5 Å². The van der Waals surface area contributed by atoms with Gasteiger partial charge < -0.3 is 39.9 Å². The molecule has 14 heteroatoms. The molecule has 0 heterocycles. The monoisotopic (exact) mass is 1030 g/mol. The summed E-state index contributed by atoms with van der Waals surface area (Å²) in [7, 11) is -5.12. The first kappa shape index (κ1) is 67.3. The number of esters is 2. The summed E-state index contributed by atoms with van der Waals surface area (Å²) >= 11 is 0. The zero-order valence-corrected chi connectivity index (χ0v) is 45.9. The molecule has 0 spiro atoms. The van der Waals surface area contributed by atoms with E-state index in [2.05, 4.69) is 38.2 Å². The van der Waals surface area contributed by atoms with Crippen LogP contribution in [0.25, 0.3) is 0 Å². The van der Waals surface area contributed by atoms with E-state index in [0.717, 1.165) is 57.8 Å². The number of allylic oxidation sites excluding steroid dienone is 4. The Labute approximate surface area is 432 Å². The molecule has 6 unspecified atom stereocenters. The number of hydrogen-bond donors (Lipinski definition) is 6. The fraction of sp³-hybridized carbons (Fsp3) is 0.895. The van der Waals surface area contributed by atoms with Gasteiger partial charge in [-0.1, -0.05) is 237 Å². The third-order valence-corrected chi connectivity index (χ3v) is 14.8. The van der Waals surface area contributed by atoms with Gasteiger partial charge in [0.05, 0.1) is 6.61 Å². The highest BCUT2D eigenvalue weighted by Crippen LogP contribution is 2.47. The van der Waals surface area contributed by atoms with Crippen LogP contribution in [0.2, 0.25) is 0 Å². The van der Waals surface area contributed by atoms with E-state index in [1.54, 1.807) is 0 Å². The van der Waals surface area contributed by atoms with E-state index in [1.807, 2.05) is 0 Å². The number of aliphatic hydroxyl groups is 5. The summed E-state index contributed by atoms with van der Waals surface area (Å²) in [5, 5.41) is 50.4. The molecule has 0 aromatic heterocycles. The summed E-state index contributed by atoms with van der Waals surface area (Å²) in [6.45, 7) is 3.35. The Balaban J connectivity index is 2.32. The Morgan fingerprint density at radius 2 is 0.761 bits per heavy atom. The van der Waals surface area contributed by atoms with E-state index < -0.39 is 75.7 Å². The third kappa shape index (κ3) is 38.5. The Kier molecular flexibility index (Phi) is 44.4. The van der Waals surface area contributed by atoms with Crippen molar-refractivity contribution in [1.82, 2.24) is 0 Å². The van der Waals surface area contributed by atoms with Crippen LogP contribution in [0.1, 0.15) is 271 Å². The van der Waals surface area contributed by atoms with Crippen LogP contribution in [-0.2, 0) is 32.7 Å². The van der Waals surface area contributed by atoms with Crippen molar-refractivity contribution < 1.29 is 63.1 Å². The van der Waals surface area contributed by atoms with E-state index in [1.165, 1.54) is 173 Å². The second-order valence-electron chi connectivity index (χ2n) is 20.5. The average Bonchev–Trinajstić information content (AvgIpc) is 3.35. The first-order valence-corrected chi connectivity index (χ1v) is 30.6. The van der Waals surface area contributed by atoms with Crippen LogP contribution in [0.15, 0.2) is 24.3 Å². The van der Waals surface area contributed by atoms with Crippen LogP contribution in [0.4, 0.5) is 0 Å². The number of hydrogen-bond acceptors (Lipinski definition) is 12. The molecule has 0 aliphatic heterocycles. The topological polar surface area (TPSA) is 210 Å². The van der Waals surface area contributed by atoms with Crippen LogP contribution in [0, 0.1) is 0 Å². The highest BCUT2D eigenvalue weighted by Gasteiger charge is 2.51. The number of unbranched alkanes of at least 4 members (excludes halogenated alkanes) is 34. The van der Waals surface area contributed by atoms with E-state index >= 15 is 0 Å². The molecule has 13 nitrogen and oxygen atoms in total. The fourth-order valence-corrected chi connectivity index (χ4v) is 10.1. The fourth-order valence-electron chi connectivity index (χ4n) is 9.14. The molecular weight excluding hydrogens is 924 g/mol. The van der Waals surface area contributed by atoms with E-state index in [9.17, 15) is 44.6 Å². The molecule has 1 rings (SSSR count). The van der Waals surface area contributed by atoms with Crippen molar-refractivity contribution in [3.63, 3.8) is 0 Å². The molecule has 418 valence electrons. The minimum Gasteiger partial charge on any atom is -0.462 e. The smallest absolute Gasteiger partial charge is 0.462 e. The summed E-state index contributed by atoms with van der Waals surface area (Å²) in [4.78, 5) is 36.0. The molecule has 1 aliphatic carbocycles. The van der Waals surface area contributed by atoms with Crippen molar-refractivity contribution >= 4 is 19.8 Å². The maximum Gasteiger partial charge on any atom is 0.472 e. The molecule has 0 bridgehead atoms. The van der Waals surface area contributed by atoms with Gasteiger partial charge in [0.1, 0.15) is 43.2 Å². The predicted octanol–water partition coefficient (Wildman–Crippen LogP) is 13.5. The van der Waals surface area contributed by atoms with Gasteiger partial charge in [-0.05, 0) is 44.9 Å². The van der Waals surface area contributed by atoms with Crippen molar-refractivity contribution in [3.05, 3.63) is 24.3 Å². The molecule has 0 radical (unpaired) electrons. The molecule has 6 atom stereocenters. The minimum absolute atomic E-state index is 0.0980. The maximum atomic E-state index is 12.9. The van der Waals surface area contributed by atoms with Gasteiger partial charge in [-0.3, -0.25) is 18.6 Å². The Morgan fingerprint density at radius 1 is 0.437 bits per heavy atom. The molecule has 0 aromatic carbocycles. The molecule has 1 aliphatic rings. The number of ether oxygens (including phenoxy) is 2. The van der Waals surface area contributed by atoms with Gasteiger partial charge in [-0.25, -0.2) is 4.57 Å². The zero-order valence-electron chi connectivity index (χ0n) is 45.0. The average molecular weight is 1030 g/mol. The van der Waals surface area contributed by atoms with Gasteiger partial charge in [0, 0.05) is 12.8 Å². The van der Waals surface area contributed by atoms with Crippen molar-refractivity contribution in [2.75, 3.05) is 13.2 Å². The lowest BCUT2D eigenvalue weighted by Gasteiger charge is -2.41. The molecule has 71 heavy (non-hydrogen) atoms. The molecule has 0 amide bonds. The number of phosphoric ester groups is 1. The van der Waals surface area contributed by atoms with Gasteiger partial charge in [-0.2, -0.15) is 0 Å². The Bertz CT molecular complexity index is 1330. The summed E-state index contributed by atoms with van der Waals surface area (Å²) < 4.78 is 33.8. The molecule has 0 saturated heterocycles. The normalized spacial score (nSPS) is 20.7. The summed E-state index contributed by atoms with van der Waals surface area (Å²) in [5.74, 6) is -1.09. The number of aliphatic hydroxyl groups excluding tert-OH is 5. The van der Waals surface area contributed by atoms with Crippen LogP contribution in [0.5, 0.6) is 0 Å². The number of phosphoric acid groups is 1. The number of rotatable bonds is 50. The van der Waals surface area contributed by atoms with E-state index in [-0.39, 0.29) is 12.8 Å². The molecule has 1 fully saturated rings. The standard InChI is InChI=1S/C57H107O13P/c1-3-5-7-9-11-13-15-17-19-21-23-24-25-26-28-30-32-34-36-38-40-42-44-46-51(59)69-49(48-68-71(65,66)70-57-55(63)53(61)52(60)54(62)56(57)64)47-67-50(58)45-43-41-39-37-35-33-31-29-27-22-20-18-16-14-12-10-8-6-4-2/h15,17,21,23,49,52-57,60-64H,3-14,16,18-20,22,24-48H2,1-2H3,(H,65,66)/b17-15-,23-21-. The van der Waals surface area contributed by atoms with Crippen LogP contribution in [0.3, 0.4) is 0 Å². The first-order valence-electron chi connectivity index (χ1n) is 29.1. The maximum absolute atomic E-state index is 12.9. The predicted molar refractivity (Wildman–Crippen MR) is 286 cm³/mol. The third-order valence-electron chi connectivity index (χ3n) is 13.8. The molecule has 0 aromatic rings.